The predicted molar refractivity (Wildman–Crippen MR) is 82.1 cm³/mol. The number of ether oxygens (including phenoxy) is 1. The molecule has 21 heavy (non-hydrogen) atoms. The van der Waals surface area contributed by atoms with Crippen LogP contribution in [0.15, 0.2) is 18.3 Å². The van der Waals surface area contributed by atoms with Crippen molar-refractivity contribution in [1.82, 2.24) is 15.6 Å². The Kier molecular flexibility index (Phi) is 5.56. The summed E-state index contributed by atoms with van der Waals surface area (Å²) < 4.78 is 5.03. The van der Waals surface area contributed by atoms with Crippen LogP contribution in [0.1, 0.15) is 38.2 Å². The molecule has 2 heterocycles. The number of hydrogen-bond donors (Lipinski definition) is 2. The van der Waals surface area contributed by atoms with Crippen molar-refractivity contribution in [1.29, 1.82) is 0 Å². The van der Waals surface area contributed by atoms with E-state index < -0.39 is 0 Å². The summed E-state index contributed by atoms with van der Waals surface area (Å²) in [5, 5.41) is 6.42. The van der Waals surface area contributed by atoms with E-state index in [2.05, 4.69) is 22.5 Å². The van der Waals surface area contributed by atoms with Crippen molar-refractivity contribution >= 4 is 5.91 Å². The van der Waals surface area contributed by atoms with E-state index in [9.17, 15) is 4.79 Å². The lowest BCUT2D eigenvalue weighted by Gasteiger charge is -2.36. The van der Waals surface area contributed by atoms with Gasteiger partial charge < -0.3 is 15.4 Å². The van der Waals surface area contributed by atoms with Crippen molar-refractivity contribution in [2.24, 2.45) is 5.41 Å². The van der Waals surface area contributed by atoms with E-state index >= 15 is 0 Å². The van der Waals surface area contributed by atoms with Crippen LogP contribution in [0, 0.1) is 5.41 Å². The smallest absolute Gasteiger partial charge is 0.226 e. The van der Waals surface area contributed by atoms with Crippen molar-refractivity contribution in [2.75, 3.05) is 20.2 Å². The number of carbonyl (C=O) groups excluding carboxylic acids is 1. The maximum atomic E-state index is 12.6. The van der Waals surface area contributed by atoms with Crippen molar-refractivity contribution < 1.29 is 9.53 Å². The highest BCUT2D eigenvalue weighted by Gasteiger charge is 2.38. The third kappa shape index (κ3) is 3.94. The first-order valence-electron chi connectivity index (χ1n) is 7.68. The van der Waals surface area contributed by atoms with E-state index in [-0.39, 0.29) is 11.3 Å². The summed E-state index contributed by atoms with van der Waals surface area (Å²) in [6.07, 6.45) is 5.59. The van der Waals surface area contributed by atoms with Crippen LogP contribution in [0.5, 0.6) is 5.88 Å². The molecule has 1 aromatic heterocycles. The minimum absolute atomic E-state index is 0.182. The maximum absolute atomic E-state index is 12.6. The van der Waals surface area contributed by atoms with Gasteiger partial charge in [-0.2, -0.15) is 0 Å². The number of nitrogens with one attached hydrogen (secondary N) is 2. The van der Waals surface area contributed by atoms with Gasteiger partial charge in [-0.3, -0.25) is 4.79 Å². The molecule has 5 heteroatoms. The first-order chi connectivity index (χ1) is 10.2. The van der Waals surface area contributed by atoms with E-state index in [0.29, 0.717) is 12.4 Å². The van der Waals surface area contributed by atoms with Crippen LogP contribution in [0.4, 0.5) is 0 Å². The summed E-state index contributed by atoms with van der Waals surface area (Å²) in [7, 11) is 1.59. The monoisotopic (exact) mass is 291 g/mol. The molecule has 2 N–H and O–H groups in total. The van der Waals surface area contributed by atoms with Crippen molar-refractivity contribution in [2.45, 2.75) is 39.2 Å². The largest absolute Gasteiger partial charge is 0.481 e. The summed E-state index contributed by atoms with van der Waals surface area (Å²) in [5.41, 5.74) is 0.796. The second kappa shape index (κ2) is 7.41. The van der Waals surface area contributed by atoms with Gasteiger partial charge in [0.25, 0.3) is 0 Å². The van der Waals surface area contributed by atoms with E-state index in [1.807, 2.05) is 12.1 Å². The number of hydrogen-bond acceptors (Lipinski definition) is 4. The third-order valence-corrected chi connectivity index (χ3v) is 4.23. The number of piperidine rings is 1. The Bertz CT molecular complexity index is 448. The molecule has 0 unspecified atom stereocenters. The van der Waals surface area contributed by atoms with E-state index in [0.717, 1.165) is 44.3 Å². The second-order valence-electron chi connectivity index (χ2n) is 5.67. The van der Waals surface area contributed by atoms with E-state index in [1.54, 1.807) is 13.3 Å². The molecule has 1 amide bonds. The van der Waals surface area contributed by atoms with Gasteiger partial charge in [0.1, 0.15) is 0 Å². The van der Waals surface area contributed by atoms with Crippen LogP contribution < -0.4 is 15.4 Å². The lowest BCUT2D eigenvalue weighted by Crippen LogP contribution is -2.47. The molecule has 5 nitrogen and oxygen atoms in total. The summed E-state index contributed by atoms with van der Waals surface area (Å²) in [4.78, 5) is 16.8. The summed E-state index contributed by atoms with van der Waals surface area (Å²) in [6.45, 7) is 4.52. The Labute approximate surface area is 126 Å². The number of pyridine rings is 1. The van der Waals surface area contributed by atoms with Crippen LogP contribution in [-0.2, 0) is 11.3 Å². The number of aromatic nitrogens is 1. The number of methoxy groups -OCH3 is 1. The lowest BCUT2D eigenvalue weighted by molar-refractivity contribution is -0.133. The molecule has 0 saturated carbocycles. The SMILES string of the molecule is CCCC1(C(=O)NCc2ccc(OC)nc2)CCNCC1. The van der Waals surface area contributed by atoms with Gasteiger partial charge in [0.15, 0.2) is 0 Å². The lowest BCUT2D eigenvalue weighted by atomic mass is 9.74. The summed E-state index contributed by atoms with van der Waals surface area (Å²) in [5.74, 6) is 0.771. The molecule has 0 aliphatic carbocycles. The van der Waals surface area contributed by atoms with Gasteiger partial charge >= 0.3 is 0 Å². The second-order valence-corrected chi connectivity index (χ2v) is 5.67. The van der Waals surface area contributed by atoms with Gasteiger partial charge in [0.05, 0.1) is 12.5 Å². The van der Waals surface area contributed by atoms with E-state index in [1.165, 1.54) is 0 Å². The maximum Gasteiger partial charge on any atom is 0.226 e. The van der Waals surface area contributed by atoms with Crippen LogP contribution >= 0.6 is 0 Å². The zero-order valence-electron chi connectivity index (χ0n) is 12.9. The molecular weight excluding hydrogens is 266 g/mol. The van der Waals surface area contributed by atoms with Crippen LogP contribution in [0.25, 0.3) is 0 Å². The number of rotatable bonds is 6. The molecule has 0 spiro atoms. The quantitative estimate of drug-likeness (QED) is 0.840. The average molecular weight is 291 g/mol. The number of nitrogens with zero attached hydrogens (tertiary/aromatic N) is 1. The predicted octanol–water partition coefficient (Wildman–Crippen LogP) is 1.88. The summed E-state index contributed by atoms with van der Waals surface area (Å²) >= 11 is 0. The Hall–Kier alpha value is -1.62. The fourth-order valence-electron chi connectivity index (χ4n) is 2.98. The number of amides is 1. The molecule has 1 aliphatic rings. The van der Waals surface area contributed by atoms with Crippen molar-refractivity contribution in [3.63, 3.8) is 0 Å². The molecule has 0 radical (unpaired) electrons. The minimum atomic E-state index is -0.195. The Morgan fingerprint density at radius 2 is 2.19 bits per heavy atom. The molecule has 0 bridgehead atoms. The fourth-order valence-corrected chi connectivity index (χ4v) is 2.98. The standard InChI is InChI=1S/C16H25N3O2/c1-3-6-16(7-9-17-10-8-16)15(20)19-12-13-4-5-14(21-2)18-11-13/h4-5,11,17H,3,6-10,12H2,1-2H3,(H,19,20). The van der Waals surface area contributed by atoms with Gasteiger partial charge in [-0.25, -0.2) is 4.98 Å². The first-order valence-corrected chi connectivity index (χ1v) is 7.68. The van der Waals surface area contributed by atoms with Crippen LogP contribution in [0.2, 0.25) is 0 Å². The molecule has 1 aromatic rings. The van der Waals surface area contributed by atoms with Crippen LogP contribution in [-0.4, -0.2) is 31.1 Å². The van der Waals surface area contributed by atoms with Gasteiger partial charge in [0.2, 0.25) is 11.8 Å². The molecule has 2 rings (SSSR count). The highest BCUT2D eigenvalue weighted by Crippen LogP contribution is 2.34. The third-order valence-electron chi connectivity index (χ3n) is 4.23. The van der Waals surface area contributed by atoms with Gasteiger partial charge in [-0.05, 0) is 37.9 Å². The Morgan fingerprint density at radius 3 is 2.76 bits per heavy atom. The minimum Gasteiger partial charge on any atom is -0.481 e. The topological polar surface area (TPSA) is 63.2 Å². The molecule has 1 aliphatic heterocycles. The zero-order chi connectivity index (χ0) is 15.1. The van der Waals surface area contributed by atoms with Crippen molar-refractivity contribution in [3.8, 4) is 5.88 Å². The molecule has 116 valence electrons. The highest BCUT2D eigenvalue weighted by atomic mass is 16.5. The molecular formula is C16H25N3O2. The first kappa shape index (κ1) is 15.8. The van der Waals surface area contributed by atoms with Gasteiger partial charge in [-0.15, -0.1) is 0 Å². The molecule has 1 saturated heterocycles. The zero-order valence-corrected chi connectivity index (χ0v) is 12.9. The average Bonchev–Trinajstić information content (AvgIpc) is 2.54. The van der Waals surface area contributed by atoms with E-state index in [4.69, 9.17) is 4.74 Å². The molecule has 0 aromatic carbocycles. The summed E-state index contributed by atoms with van der Waals surface area (Å²) in [6, 6.07) is 3.74. The van der Waals surface area contributed by atoms with Crippen LogP contribution in [0.3, 0.4) is 0 Å². The molecule has 1 fully saturated rings. The number of carbonyl (C=O) groups is 1. The Balaban J connectivity index is 1.94. The molecule has 0 atom stereocenters. The highest BCUT2D eigenvalue weighted by molar-refractivity contribution is 5.82. The van der Waals surface area contributed by atoms with Gasteiger partial charge in [0, 0.05) is 18.8 Å². The Morgan fingerprint density at radius 1 is 1.43 bits per heavy atom. The fraction of sp³-hybridized carbons (Fsp3) is 0.625. The van der Waals surface area contributed by atoms with Gasteiger partial charge in [-0.1, -0.05) is 19.4 Å². The normalized spacial score (nSPS) is 17.2. The van der Waals surface area contributed by atoms with Crippen molar-refractivity contribution in [3.05, 3.63) is 23.9 Å².